The summed E-state index contributed by atoms with van der Waals surface area (Å²) < 4.78 is 0. The molecule has 0 bridgehead atoms. The summed E-state index contributed by atoms with van der Waals surface area (Å²) in [5.74, 6) is 0.999. The molecule has 1 saturated carbocycles. The van der Waals surface area contributed by atoms with Gasteiger partial charge in [-0.1, -0.05) is 37.3 Å². The van der Waals surface area contributed by atoms with Crippen molar-refractivity contribution in [2.45, 2.75) is 39.2 Å². The maximum absolute atomic E-state index is 12.5. The van der Waals surface area contributed by atoms with Gasteiger partial charge in [-0.15, -0.1) is 0 Å². The SMILES string of the molecule is CCN(Cc1ccccc1)CC1CCC(C(=O)Nc2ccncc2)CC1. The van der Waals surface area contributed by atoms with Gasteiger partial charge >= 0.3 is 0 Å². The molecule has 26 heavy (non-hydrogen) atoms. The van der Waals surface area contributed by atoms with Gasteiger partial charge < -0.3 is 5.32 Å². The Balaban J connectivity index is 1.44. The minimum Gasteiger partial charge on any atom is -0.326 e. The van der Waals surface area contributed by atoms with Gasteiger partial charge in [0.05, 0.1) is 0 Å². The quantitative estimate of drug-likeness (QED) is 0.807. The van der Waals surface area contributed by atoms with E-state index in [2.05, 4.69) is 52.5 Å². The van der Waals surface area contributed by atoms with Crippen LogP contribution in [0.15, 0.2) is 54.9 Å². The predicted molar refractivity (Wildman–Crippen MR) is 106 cm³/mol. The van der Waals surface area contributed by atoms with Crippen molar-refractivity contribution in [3.8, 4) is 0 Å². The lowest BCUT2D eigenvalue weighted by Gasteiger charge is -2.32. The fourth-order valence-corrected chi connectivity index (χ4v) is 3.80. The molecular weight excluding hydrogens is 322 g/mol. The maximum atomic E-state index is 12.5. The van der Waals surface area contributed by atoms with Crippen molar-refractivity contribution >= 4 is 11.6 Å². The van der Waals surface area contributed by atoms with E-state index in [1.165, 1.54) is 5.56 Å². The van der Waals surface area contributed by atoms with Crippen LogP contribution in [0.3, 0.4) is 0 Å². The third kappa shape index (κ3) is 5.40. The highest BCUT2D eigenvalue weighted by molar-refractivity contribution is 5.92. The molecule has 2 aromatic rings. The van der Waals surface area contributed by atoms with Crippen LogP contribution in [0.25, 0.3) is 0 Å². The summed E-state index contributed by atoms with van der Waals surface area (Å²) in [5, 5.41) is 3.02. The first-order valence-corrected chi connectivity index (χ1v) is 9.71. The monoisotopic (exact) mass is 351 g/mol. The lowest BCUT2D eigenvalue weighted by atomic mass is 9.81. The van der Waals surface area contributed by atoms with Crippen LogP contribution in [-0.2, 0) is 11.3 Å². The summed E-state index contributed by atoms with van der Waals surface area (Å²) in [6, 6.07) is 14.4. The van der Waals surface area contributed by atoms with Crippen LogP contribution in [0.2, 0.25) is 0 Å². The summed E-state index contributed by atoms with van der Waals surface area (Å²) in [6.07, 6.45) is 7.67. The first-order chi connectivity index (χ1) is 12.7. The fraction of sp³-hybridized carbons (Fsp3) is 0.455. The van der Waals surface area contributed by atoms with Crippen molar-refractivity contribution in [2.75, 3.05) is 18.4 Å². The van der Waals surface area contributed by atoms with E-state index in [4.69, 9.17) is 0 Å². The van der Waals surface area contributed by atoms with Crippen LogP contribution in [0, 0.1) is 11.8 Å². The number of rotatable bonds is 7. The van der Waals surface area contributed by atoms with Crippen molar-refractivity contribution in [3.05, 3.63) is 60.4 Å². The van der Waals surface area contributed by atoms with Gasteiger partial charge in [0, 0.05) is 37.1 Å². The van der Waals surface area contributed by atoms with Crippen LogP contribution >= 0.6 is 0 Å². The van der Waals surface area contributed by atoms with Crippen LogP contribution in [0.5, 0.6) is 0 Å². The molecule has 1 amide bonds. The summed E-state index contributed by atoms with van der Waals surface area (Å²) in [5.41, 5.74) is 2.21. The topological polar surface area (TPSA) is 45.2 Å². The number of nitrogens with one attached hydrogen (secondary N) is 1. The zero-order valence-electron chi connectivity index (χ0n) is 15.6. The highest BCUT2D eigenvalue weighted by Gasteiger charge is 2.27. The van der Waals surface area contributed by atoms with Gasteiger partial charge in [0.1, 0.15) is 0 Å². The van der Waals surface area contributed by atoms with E-state index < -0.39 is 0 Å². The lowest BCUT2D eigenvalue weighted by molar-refractivity contribution is -0.121. The van der Waals surface area contributed by atoms with Gasteiger partial charge in [-0.3, -0.25) is 14.7 Å². The normalized spacial score (nSPS) is 20.1. The zero-order chi connectivity index (χ0) is 18.2. The van der Waals surface area contributed by atoms with Crippen molar-refractivity contribution in [1.29, 1.82) is 0 Å². The molecule has 0 unspecified atom stereocenters. The summed E-state index contributed by atoms with van der Waals surface area (Å²) >= 11 is 0. The first-order valence-electron chi connectivity index (χ1n) is 9.71. The van der Waals surface area contributed by atoms with Gasteiger partial charge in [-0.05, 0) is 55.8 Å². The molecular formula is C22H29N3O. The number of hydrogen-bond donors (Lipinski definition) is 1. The van der Waals surface area contributed by atoms with E-state index in [-0.39, 0.29) is 11.8 Å². The van der Waals surface area contributed by atoms with E-state index in [0.29, 0.717) is 5.92 Å². The number of pyridine rings is 1. The summed E-state index contributed by atoms with van der Waals surface area (Å²) in [4.78, 5) is 19.0. The second kappa shape index (κ2) is 9.48. The molecule has 0 spiro atoms. The largest absolute Gasteiger partial charge is 0.326 e. The summed E-state index contributed by atoms with van der Waals surface area (Å²) in [7, 11) is 0. The Bertz CT molecular complexity index is 666. The van der Waals surface area contributed by atoms with Gasteiger partial charge in [-0.2, -0.15) is 0 Å². The highest BCUT2D eigenvalue weighted by Crippen LogP contribution is 2.30. The van der Waals surface area contributed by atoms with Crippen LogP contribution in [-0.4, -0.2) is 28.9 Å². The molecule has 1 N–H and O–H groups in total. The minimum atomic E-state index is 0.142. The lowest BCUT2D eigenvalue weighted by Crippen LogP contribution is -2.33. The molecule has 0 radical (unpaired) electrons. The number of benzene rings is 1. The molecule has 1 aliphatic rings. The average Bonchev–Trinajstić information content (AvgIpc) is 2.69. The minimum absolute atomic E-state index is 0.142. The number of amides is 1. The van der Waals surface area contributed by atoms with Gasteiger partial charge in [-0.25, -0.2) is 0 Å². The zero-order valence-corrected chi connectivity index (χ0v) is 15.6. The van der Waals surface area contributed by atoms with E-state index in [1.807, 2.05) is 12.1 Å². The molecule has 1 aromatic carbocycles. The highest BCUT2D eigenvalue weighted by atomic mass is 16.1. The van der Waals surface area contributed by atoms with Gasteiger partial charge in [0.25, 0.3) is 0 Å². The van der Waals surface area contributed by atoms with E-state index >= 15 is 0 Å². The Hall–Kier alpha value is -2.20. The molecule has 0 atom stereocenters. The molecule has 3 rings (SSSR count). The molecule has 0 aliphatic heterocycles. The second-order valence-electron chi connectivity index (χ2n) is 7.26. The van der Waals surface area contributed by atoms with Gasteiger partial charge in [0.2, 0.25) is 5.91 Å². The average molecular weight is 351 g/mol. The number of carbonyl (C=O) groups excluding carboxylic acids is 1. The predicted octanol–water partition coefficient (Wildman–Crippen LogP) is 4.35. The molecule has 1 aliphatic carbocycles. The molecule has 1 fully saturated rings. The fourth-order valence-electron chi connectivity index (χ4n) is 3.80. The van der Waals surface area contributed by atoms with E-state index in [1.54, 1.807) is 12.4 Å². The smallest absolute Gasteiger partial charge is 0.227 e. The molecule has 4 nitrogen and oxygen atoms in total. The Morgan fingerprint density at radius 2 is 1.77 bits per heavy atom. The number of carbonyl (C=O) groups is 1. The Labute approximate surface area is 156 Å². The third-order valence-corrected chi connectivity index (χ3v) is 5.38. The Kier molecular flexibility index (Phi) is 6.78. The molecule has 4 heteroatoms. The van der Waals surface area contributed by atoms with E-state index in [0.717, 1.165) is 51.0 Å². The van der Waals surface area contributed by atoms with Crippen LogP contribution in [0.4, 0.5) is 5.69 Å². The standard InChI is InChI=1S/C22H29N3O/c1-2-25(16-18-6-4-3-5-7-18)17-19-8-10-20(11-9-19)22(26)24-21-12-14-23-15-13-21/h3-7,12-15,19-20H,2,8-11,16-17H2,1H3,(H,23,24,26). The molecule has 138 valence electrons. The number of anilines is 1. The third-order valence-electron chi connectivity index (χ3n) is 5.38. The van der Waals surface area contributed by atoms with Crippen LogP contribution in [0.1, 0.15) is 38.2 Å². The molecule has 0 saturated heterocycles. The molecule has 1 aromatic heterocycles. The maximum Gasteiger partial charge on any atom is 0.227 e. The number of hydrogen-bond acceptors (Lipinski definition) is 3. The number of aromatic nitrogens is 1. The Morgan fingerprint density at radius 1 is 1.08 bits per heavy atom. The summed E-state index contributed by atoms with van der Waals surface area (Å²) in [6.45, 7) is 5.44. The second-order valence-corrected chi connectivity index (χ2v) is 7.26. The number of nitrogens with zero attached hydrogens (tertiary/aromatic N) is 2. The van der Waals surface area contributed by atoms with E-state index in [9.17, 15) is 4.79 Å². The van der Waals surface area contributed by atoms with Crippen molar-refractivity contribution in [3.63, 3.8) is 0 Å². The van der Waals surface area contributed by atoms with Crippen molar-refractivity contribution in [1.82, 2.24) is 9.88 Å². The van der Waals surface area contributed by atoms with Gasteiger partial charge in [0.15, 0.2) is 0 Å². The van der Waals surface area contributed by atoms with Crippen molar-refractivity contribution < 1.29 is 4.79 Å². The Morgan fingerprint density at radius 3 is 2.42 bits per heavy atom. The first kappa shape index (κ1) is 18.6. The van der Waals surface area contributed by atoms with Crippen LogP contribution < -0.4 is 5.32 Å². The van der Waals surface area contributed by atoms with Crippen molar-refractivity contribution in [2.24, 2.45) is 11.8 Å². The molecule has 1 heterocycles.